The number of para-hydroxylation sites is 1. The molecule has 3 heterocycles. The number of thioether (sulfide) groups is 1. The van der Waals surface area contributed by atoms with Gasteiger partial charge in [-0.15, -0.1) is 11.8 Å². The molecular weight excluding hydrogens is 434 g/mol. The highest BCUT2D eigenvalue weighted by Gasteiger charge is 2.34. The summed E-state index contributed by atoms with van der Waals surface area (Å²) in [4.78, 5) is 23.9. The Bertz CT molecular complexity index is 1060. The lowest BCUT2D eigenvalue weighted by atomic mass is 9.89. The number of anilines is 2. The molecule has 0 atom stereocenters. The Morgan fingerprint density at radius 3 is 2.55 bits per heavy atom. The van der Waals surface area contributed by atoms with Crippen LogP contribution in [0, 0.1) is 11.3 Å². The molecule has 0 radical (unpaired) electrons. The fraction of sp³-hybridized carbons (Fsp3) is 0.480. The topological polar surface area (TPSA) is 72.7 Å². The maximum Gasteiger partial charge on any atom is 0.240 e. The van der Waals surface area contributed by atoms with Crippen LogP contribution in [0.25, 0.3) is 0 Å². The predicted molar refractivity (Wildman–Crippen MR) is 132 cm³/mol. The fourth-order valence-corrected chi connectivity index (χ4v) is 5.01. The van der Waals surface area contributed by atoms with Crippen molar-refractivity contribution < 1.29 is 9.53 Å². The summed E-state index contributed by atoms with van der Waals surface area (Å²) in [5, 5.41) is 10.6. The molecule has 2 aromatic rings. The summed E-state index contributed by atoms with van der Waals surface area (Å²) in [6.45, 7) is 8.13. The summed E-state index contributed by atoms with van der Waals surface area (Å²) in [5.74, 6) is 1.01. The molecule has 0 N–H and O–H groups in total. The lowest BCUT2D eigenvalue weighted by Crippen LogP contribution is -2.50. The van der Waals surface area contributed by atoms with E-state index in [0.717, 1.165) is 53.8 Å². The Balaban J connectivity index is 1.48. The number of hydrogen-bond acceptors (Lipinski definition) is 7. The lowest BCUT2D eigenvalue weighted by molar-refractivity contribution is -0.119. The van der Waals surface area contributed by atoms with Crippen LogP contribution < -0.4 is 9.80 Å². The second kappa shape index (κ2) is 9.72. The molecule has 1 saturated heterocycles. The van der Waals surface area contributed by atoms with Crippen molar-refractivity contribution in [1.82, 2.24) is 9.88 Å². The van der Waals surface area contributed by atoms with Gasteiger partial charge in [0.15, 0.2) is 0 Å². The van der Waals surface area contributed by atoms with Gasteiger partial charge in [-0.2, -0.15) is 5.26 Å². The van der Waals surface area contributed by atoms with E-state index in [1.165, 1.54) is 11.8 Å². The molecule has 7 nitrogen and oxygen atoms in total. The lowest BCUT2D eigenvalue weighted by Gasteiger charge is -2.39. The molecule has 1 aromatic carbocycles. The first kappa shape index (κ1) is 23.6. The van der Waals surface area contributed by atoms with Gasteiger partial charge < -0.3 is 14.5 Å². The van der Waals surface area contributed by atoms with Gasteiger partial charge in [-0.05, 0) is 37.8 Å². The van der Waals surface area contributed by atoms with Gasteiger partial charge in [0, 0.05) is 50.9 Å². The minimum Gasteiger partial charge on any atom is -0.370 e. The molecule has 2 aliphatic heterocycles. The highest BCUT2D eigenvalue weighted by atomic mass is 32.2. The molecule has 0 unspecified atom stereocenters. The molecule has 174 valence electrons. The Morgan fingerprint density at radius 1 is 1.21 bits per heavy atom. The second-order valence-electron chi connectivity index (χ2n) is 9.17. The van der Waals surface area contributed by atoms with Gasteiger partial charge in [0.2, 0.25) is 5.91 Å². The van der Waals surface area contributed by atoms with Crippen LogP contribution in [-0.2, 0) is 22.6 Å². The third-order valence-corrected chi connectivity index (χ3v) is 7.10. The number of nitriles is 1. The molecule has 0 aliphatic carbocycles. The second-order valence-corrected chi connectivity index (χ2v) is 9.96. The number of ether oxygens (including phenoxy) is 1. The number of hydrogen-bond donors (Lipinski definition) is 0. The number of amides is 1. The maximum atomic E-state index is 12.8. The number of rotatable bonds is 5. The largest absolute Gasteiger partial charge is 0.370 e. The minimum atomic E-state index is -0.295. The van der Waals surface area contributed by atoms with Crippen LogP contribution in [0.2, 0.25) is 0 Å². The standard InChI is InChI=1S/C25H31N5O2S/c1-25(2)14-19-20(15-26)24(33-4)27-23(21(19)17-32-25)30-12-10-29(11-13-30)16-22(31)28(3)18-8-6-5-7-9-18/h5-9H,10-14,16-17H2,1-4H3. The summed E-state index contributed by atoms with van der Waals surface area (Å²) < 4.78 is 6.09. The van der Waals surface area contributed by atoms with Crippen molar-refractivity contribution in [3.63, 3.8) is 0 Å². The predicted octanol–water partition coefficient (Wildman–Crippen LogP) is 3.31. The fourth-order valence-electron chi connectivity index (χ4n) is 4.46. The molecule has 0 bridgehead atoms. The number of piperazine rings is 1. The normalized spacial score (nSPS) is 17.8. The van der Waals surface area contributed by atoms with Crippen molar-refractivity contribution in [3.05, 3.63) is 47.0 Å². The van der Waals surface area contributed by atoms with Crippen LogP contribution in [0.3, 0.4) is 0 Å². The number of pyridine rings is 1. The van der Waals surface area contributed by atoms with E-state index in [0.29, 0.717) is 25.1 Å². The van der Waals surface area contributed by atoms with Crippen molar-refractivity contribution >= 4 is 29.2 Å². The summed E-state index contributed by atoms with van der Waals surface area (Å²) in [5.41, 5.74) is 3.41. The van der Waals surface area contributed by atoms with Crippen LogP contribution in [0.5, 0.6) is 0 Å². The molecule has 1 amide bonds. The van der Waals surface area contributed by atoms with Crippen LogP contribution in [-0.4, -0.2) is 67.4 Å². The van der Waals surface area contributed by atoms with Gasteiger partial charge in [-0.1, -0.05) is 18.2 Å². The van der Waals surface area contributed by atoms with E-state index in [1.807, 2.05) is 43.6 Å². The Hall–Kier alpha value is -2.60. The molecule has 8 heteroatoms. The van der Waals surface area contributed by atoms with E-state index in [-0.39, 0.29) is 11.5 Å². The third-order valence-electron chi connectivity index (χ3n) is 6.42. The number of benzene rings is 1. The zero-order chi connectivity index (χ0) is 23.6. The third kappa shape index (κ3) is 5.01. The van der Waals surface area contributed by atoms with Crippen LogP contribution >= 0.6 is 11.8 Å². The number of nitrogens with zero attached hydrogens (tertiary/aromatic N) is 5. The maximum absolute atomic E-state index is 12.8. The van der Waals surface area contributed by atoms with Crippen LogP contribution in [0.15, 0.2) is 35.4 Å². The van der Waals surface area contributed by atoms with Crippen molar-refractivity contribution in [2.24, 2.45) is 0 Å². The van der Waals surface area contributed by atoms with Crippen molar-refractivity contribution in [2.75, 3.05) is 55.8 Å². The van der Waals surface area contributed by atoms with E-state index in [2.05, 4.69) is 29.7 Å². The number of carbonyl (C=O) groups is 1. The monoisotopic (exact) mass is 465 g/mol. The first-order valence-electron chi connectivity index (χ1n) is 11.3. The van der Waals surface area contributed by atoms with Gasteiger partial charge in [0.1, 0.15) is 16.9 Å². The van der Waals surface area contributed by atoms with E-state index >= 15 is 0 Å². The highest BCUT2D eigenvalue weighted by molar-refractivity contribution is 7.98. The quantitative estimate of drug-likeness (QED) is 0.627. The SMILES string of the molecule is CSc1nc(N2CCN(CC(=O)N(C)c3ccccc3)CC2)c2c(c1C#N)CC(C)(C)OC2. The Labute approximate surface area is 200 Å². The molecule has 0 spiro atoms. The molecule has 2 aliphatic rings. The van der Waals surface area contributed by atoms with Crippen molar-refractivity contribution in [2.45, 2.75) is 37.5 Å². The Kier molecular flexibility index (Phi) is 6.94. The number of fused-ring (bicyclic) bond motifs is 1. The van der Waals surface area contributed by atoms with Crippen LogP contribution in [0.1, 0.15) is 30.5 Å². The van der Waals surface area contributed by atoms with Gasteiger partial charge >= 0.3 is 0 Å². The van der Waals surface area contributed by atoms with Gasteiger partial charge in [0.05, 0.1) is 24.3 Å². The minimum absolute atomic E-state index is 0.0869. The van der Waals surface area contributed by atoms with E-state index < -0.39 is 0 Å². The highest BCUT2D eigenvalue weighted by Crippen LogP contribution is 2.38. The van der Waals surface area contributed by atoms with E-state index in [1.54, 1.807) is 4.90 Å². The van der Waals surface area contributed by atoms with Gasteiger partial charge in [-0.3, -0.25) is 9.69 Å². The smallest absolute Gasteiger partial charge is 0.240 e. The van der Waals surface area contributed by atoms with Gasteiger partial charge in [-0.25, -0.2) is 4.98 Å². The molecule has 1 aromatic heterocycles. The van der Waals surface area contributed by atoms with E-state index in [4.69, 9.17) is 9.72 Å². The molecular formula is C25H31N5O2S. The number of likely N-dealkylation sites (N-methyl/N-ethyl adjacent to an activating group) is 1. The number of aromatic nitrogens is 1. The Morgan fingerprint density at radius 2 is 1.91 bits per heavy atom. The van der Waals surface area contributed by atoms with Crippen molar-refractivity contribution in [1.29, 1.82) is 5.26 Å². The summed E-state index contributed by atoms with van der Waals surface area (Å²) >= 11 is 1.52. The van der Waals surface area contributed by atoms with Crippen LogP contribution in [0.4, 0.5) is 11.5 Å². The molecule has 4 rings (SSSR count). The zero-order valence-electron chi connectivity index (χ0n) is 19.8. The molecule has 1 fully saturated rings. The van der Waals surface area contributed by atoms with Gasteiger partial charge in [0.25, 0.3) is 0 Å². The summed E-state index contributed by atoms with van der Waals surface area (Å²) in [6.07, 6.45) is 2.67. The summed E-state index contributed by atoms with van der Waals surface area (Å²) in [7, 11) is 1.83. The average Bonchev–Trinajstić information content (AvgIpc) is 2.82. The molecule has 0 saturated carbocycles. The zero-order valence-corrected chi connectivity index (χ0v) is 20.6. The first-order chi connectivity index (χ1) is 15.8. The first-order valence-corrected chi connectivity index (χ1v) is 12.5. The van der Waals surface area contributed by atoms with E-state index in [9.17, 15) is 10.1 Å². The van der Waals surface area contributed by atoms with Crippen molar-refractivity contribution in [3.8, 4) is 6.07 Å². The molecule has 33 heavy (non-hydrogen) atoms. The number of carbonyl (C=O) groups excluding carboxylic acids is 1. The summed E-state index contributed by atoms with van der Waals surface area (Å²) in [6, 6.07) is 12.1. The average molecular weight is 466 g/mol.